The predicted molar refractivity (Wildman–Crippen MR) is 103 cm³/mol. The van der Waals surface area contributed by atoms with Crippen LogP contribution >= 0.6 is 23.2 Å². The molecule has 0 unspecified atom stereocenters. The van der Waals surface area contributed by atoms with Gasteiger partial charge in [0.25, 0.3) is 5.91 Å². The Balaban J connectivity index is 1.73. The molecule has 0 aliphatic heterocycles. The maximum Gasteiger partial charge on any atom is 0.274 e. The molecule has 1 amide bonds. The molecule has 0 aliphatic carbocycles. The zero-order valence-electron chi connectivity index (χ0n) is 13.3. The molecule has 0 fully saturated rings. The number of benzene rings is 2. The largest absolute Gasteiger partial charge is 0.353 e. The Morgan fingerprint density at radius 1 is 1.00 bits per heavy atom. The molecule has 5 nitrogen and oxygen atoms in total. The van der Waals surface area contributed by atoms with Crippen molar-refractivity contribution in [2.75, 3.05) is 10.6 Å². The van der Waals surface area contributed by atoms with E-state index >= 15 is 0 Å². The van der Waals surface area contributed by atoms with E-state index in [4.69, 9.17) is 28.5 Å². The molecule has 128 valence electrons. The molecule has 1 heterocycles. The molecule has 26 heavy (non-hydrogen) atoms. The highest BCUT2D eigenvalue weighted by atomic mass is 35.5. The van der Waals surface area contributed by atoms with Gasteiger partial charge in [-0.2, -0.15) is 5.26 Å². The van der Waals surface area contributed by atoms with Crippen molar-refractivity contribution in [3.05, 3.63) is 82.1 Å². The lowest BCUT2D eigenvalue weighted by Gasteiger charge is -2.09. The van der Waals surface area contributed by atoms with Gasteiger partial charge in [0.1, 0.15) is 11.8 Å². The van der Waals surface area contributed by atoms with E-state index in [0.717, 1.165) is 0 Å². The third kappa shape index (κ3) is 4.31. The van der Waals surface area contributed by atoms with Gasteiger partial charge in [-0.15, -0.1) is 0 Å². The molecule has 0 saturated heterocycles. The Labute approximate surface area is 160 Å². The van der Waals surface area contributed by atoms with Gasteiger partial charge in [-0.25, -0.2) is 4.98 Å². The summed E-state index contributed by atoms with van der Waals surface area (Å²) in [7, 11) is 0. The number of nitriles is 1. The fraction of sp³-hybridized carbons (Fsp3) is 0. The van der Waals surface area contributed by atoms with E-state index < -0.39 is 0 Å². The van der Waals surface area contributed by atoms with Gasteiger partial charge in [-0.05, 0) is 42.5 Å². The Hall–Kier alpha value is -3.07. The Morgan fingerprint density at radius 3 is 2.38 bits per heavy atom. The van der Waals surface area contributed by atoms with Gasteiger partial charge in [-0.3, -0.25) is 4.79 Å². The van der Waals surface area contributed by atoms with E-state index in [-0.39, 0.29) is 11.6 Å². The summed E-state index contributed by atoms with van der Waals surface area (Å²) < 4.78 is 0. The van der Waals surface area contributed by atoms with Crippen LogP contribution in [-0.2, 0) is 0 Å². The standard InChI is InChI=1S/C19H12Cl2N4O/c20-13-7-14(21)9-16(8-13)25-19(26)18-6-5-15(11-23-18)24-17-4-2-1-3-12(17)10-22/h1-9,11,24H,(H,25,26). The van der Waals surface area contributed by atoms with Gasteiger partial charge in [0.15, 0.2) is 0 Å². The van der Waals surface area contributed by atoms with Crippen molar-refractivity contribution in [1.29, 1.82) is 5.26 Å². The lowest BCUT2D eigenvalue weighted by molar-refractivity contribution is 0.102. The van der Waals surface area contributed by atoms with Crippen LogP contribution in [0.25, 0.3) is 0 Å². The molecule has 0 aliphatic rings. The predicted octanol–water partition coefficient (Wildman–Crippen LogP) is 5.26. The van der Waals surface area contributed by atoms with Crippen LogP contribution in [0.3, 0.4) is 0 Å². The van der Waals surface area contributed by atoms with E-state index in [1.54, 1.807) is 48.5 Å². The van der Waals surface area contributed by atoms with E-state index in [2.05, 4.69) is 21.7 Å². The first-order valence-electron chi connectivity index (χ1n) is 7.55. The molecule has 2 aromatic carbocycles. The first kappa shape index (κ1) is 17.7. The normalized spacial score (nSPS) is 10.0. The second-order valence-electron chi connectivity index (χ2n) is 5.33. The number of rotatable bonds is 4. The van der Waals surface area contributed by atoms with Gasteiger partial charge in [-0.1, -0.05) is 35.3 Å². The molecule has 0 radical (unpaired) electrons. The smallest absolute Gasteiger partial charge is 0.274 e. The van der Waals surface area contributed by atoms with Crippen LogP contribution in [0.1, 0.15) is 16.1 Å². The van der Waals surface area contributed by atoms with Crippen LogP contribution in [-0.4, -0.2) is 10.9 Å². The lowest BCUT2D eigenvalue weighted by Crippen LogP contribution is -2.13. The first-order valence-corrected chi connectivity index (χ1v) is 8.30. The van der Waals surface area contributed by atoms with Gasteiger partial charge in [0, 0.05) is 15.7 Å². The molecule has 7 heteroatoms. The summed E-state index contributed by atoms with van der Waals surface area (Å²) in [4.78, 5) is 16.4. The SMILES string of the molecule is N#Cc1ccccc1Nc1ccc(C(=O)Nc2cc(Cl)cc(Cl)c2)nc1. The summed E-state index contributed by atoms with van der Waals surface area (Å²) in [5.41, 5.74) is 2.57. The molecular weight excluding hydrogens is 371 g/mol. The zero-order valence-corrected chi connectivity index (χ0v) is 14.8. The van der Waals surface area contributed by atoms with Crippen LogP contribution < -0.4 is 10.6 Å². The number of halogens is 2. The minimum Gasteiger partial charge on any atom is -0.353 e. The number of hydrogen-bond acceptors (Lipinski definition) is 4. The van der Waals surface area contributed by atoms with Crippen molar-refractivity contribution in [3.63, 3.8) is 0 Å². The van der Waals surface area contributed by atoms with Crippen LogP contribution in [0, 0.1) is 11.3 Å². The number of pyridine rings is 1. The maximum atomic E-state index is 12.3. The molecule has 1 aromatic heterocycles. The second kappa shape index (κ2) is 7.87. The molecule has 2 N–H and O–H groups in total. The molecular formula is C19H12Cl2N4O. The highest BCUT2D eigenvalue weighted by Crippen LogP contribution is 2.23. The quantitative estimate of drug-likeness (QED) is 0.645. The van der Waals surface area contributed by atoms with Gasteiger partial charge < -0.3 is 10.6 Å². The Bertz CT molecular complexity index is 977. The third-order valence-electron chi connectivity index (χ3n) is 3.44. The maximum absolute atomic E-state index is 12.3. The van der Waals surface area contributed by atoms with E-state index in [1.807, 2.05) is 6.07 Å². The van der Waals surface area contributed by atoms with Crippen molar-refractivity contribution in [2.45, 2.75) is 0 Å². The highest BCUT2D eigenvalue weighted by Gasteiger charge is 2.09. The summed E-state index contributed by atoms with van der Waals surface area (Å²) >= 11 is 11.8. The van der Waals surface area contributed by atoms with Crippen molar-refractivity contribution >= 4 is 46.2 Å². The minimum atomic E-state index is -0.382. The van der Waals surface area contributed by atoms with E-state index in [9.17, 15) is 4.79 Å². The van der Waals surface area contributed by atoms with Crippen molar-refractivity contribution in [2.24, 2.45) is 0 Å². The number of carbonyl (C=O) groups excluding carboxylic acids is 1. The van der Waals surface area contributed by atoms with Crippen molar-refractivity contribution in [3.8, 4) is 6.07 Å². The summed E-state index contributed by atoms with van der Waals surface area (Å²) in [6.45, 7) is 0. The van der Waals surface area contributed by atoms with Gasteiger partial charge >= 0.3 is 0 Å². The number of nitrogens with one attached hydrogen (secondary N) is 2. The molecule has 0 atom stereocenters. The molecule has 0 bridgehead atoms. The van der Waals surface area contributed by atoms with Crippen LogP contribution in [0.2, 0.25) is 10.0 Å². The summed E-state index contributed by atoms with van der Waals surface area (Å²) in [6.07, 6.45) is 1.52. The number of para-hydroxylation sites is 1. The molecule has 0 saturated carbocycles. The summed E-state index contributed by atoms with van der Waals surface area (Å²) in [6, 6.07) is 17.3. The summed E-state index contributed by atoms with van der Waals surface area (Å²) in [5.74, 6) is -0.382. The number of hydrogen-bond donors (Lipinski definition) is 2. The third-order valence-corrected chi connectivity index (χ3v) is 3.88. The van der Waals surface area contributed by atoms with Crippen LogP contribution in [0.5, 0.6) is 0 Å². The second-order valence-corrected chi connectivity index (χ2v) is 6.20. The molecule has 0 spiro atoms. The number of nitrogens with zero attached hydrogens (tertiary/aromatic N) is 2. The zero-order chi connectivity index (χ0) is 18.5. The topological polar surface area (TPSA) is 77.8 Å². The fourth-order valence-electron chi connectivity index (χ4n) is 2.27. The van der Waals surface area contributed by atoms with Crippen molar-refractivity contribution in [1.82, 2.24) is 4.98 Å². The number of carbonyl (C=O) groups is 1. The van der Waals surface area contributed by atoms with E-state index in [1.165, 1.54) is 6.20 Å². The monoisotopic (exact) mass is 382 g/mol. The Morgan fingerprint density at radius 2 is 1.73 bits per heavy atom. The minimum absolute atomic E-state index is 0.236. The lowest BCUT2D eigenvalue weighted by atomic mass is 10.2. The molecule has 3 rings (SSSR count). The number of amides is 1. The molecule has 3 aromatic rings. The number of anilines is 3. The van der Waals surface area contributed by atoms with E-state index in [0.29, 0.717) is 32.7 Å². The van der Waals surface area contributed by atoms with Crippen molar-refractivity contribution < 1.29 is 4.79 Å². The highest BCUT2D eigenvalue weighted by molar-refractivity contribution is 6.35. The summed E-state index contributed by atoms with van der Waals surface area (Å²) in [5, 5.41) is 15.8. The van der Waals surface area contributed by atoms with Gasteiger partial charge in [0.05, 0.1) is 23.1 Å². The fourth-order valence-corrected chi connectivity index (χ4v) is 2.79. The Kier molecular flexibility index (Phi) is 5.37. The average molecular weight is 383 g/mol. The number of aromatic nitrogens is 1. The van der Waals surface area contributed by atoms with Crippen LogP contribution in [0.4, 0.5) is 17.1 Å². The van der Waals surface area contributed by atoms with Crippen LogP contribution in [0.15, 0.2) is 60.8 Å². The average Bonchev–Trinajstić information content (AvgIpc) is 2.62. The van der Waals surface area contributed by atoms with Gasteiger partial charge in [0.2, 0.25) is 0 Å². The first-order chi connectivity index (χ1) is 12.5.